The molecule has 4 aromatic rings. The van der Waals surface area contributed by atoms with E-state index in [1.165, 1.54) is 11.3 Å². The van der Waals surface area contributed by atoms with Crippen LogP contribution in [0.25, 0.3) is 10.4 Å². The summed E-state index contributed by atoms with van der Waals surface area (Å²) in [6, 6.07) is 18.7. The molecule has 2 aromatic heterocycles. The summed E-state index contributed by atoms with van der Waals surface area (Å²) >= 11 is 1.47. The zero-order chi connectivity index (χ0) is 33.4. The third-order valence-electron chi connectivity index (χ3n) is 9.21. The third-order valence-corrected chi connectivity index (χ3v) is 10.3. The smallest absolute Gasteiger partial charge is 0.412 e. The lowest BCUT2D eigenvalue weighted by atomic mass is 9.73. The first kappa shape index (κ1) is 31.8. The van der Waals surface area contributed by atoms with Gasteiger partial charge in [0, 0.05) is 66.2 Å². The van der Waals surface area contributed by atoms with Crippen molar-refractivity contribution in [1.82, 2.24) is 4.98 Å². The number of benzene rings is 2. The summed E-state index contributed by atoms with van der Waals surface area (Å²) in [5, 5.41) is 6.57. The van der Waals surface area contributed by atoms with E-state index in [2.05, 4.69) is 20.5 Å². The van der Waals surface area contributed by atoms with Gasteiger partial charge in [-0.05, 0) is 93.6 Å². The molecule has 0 unspecified atom stereocenters. The van der Waals surface area contributed by atoms with Gasteiger partial charge in [0.25, 0.3) is 11.8 Å². The van der Waals surface area contributed by atoms with Crippen molar-refractivity contribution in [2.45, 2.75) is 46.1 Å². The number of carbonyl (C=O) groups is 3. The van der Waals surface area contributed by atoms with Gasteiger partial charge < -0.3 is 24.6 Å². The number of rotatable bonds is 6. The number of hydrogen-bond acceptors (Lipinski definition) is 8. The lowest BCUT2D eigenvalue weighted by Crippen LogP contribution is -2.59. The van der Waals surface area contributed by atoms with Crippen molar-refractivity contribution >= 4 is 51.4 Å². The quantitative estimate of drug-likeness (QED) is 0.225. The lowest BCUT2D eigenvalue weighted by molar-refractivity contribution is -0.000511. The van der Waals surface area contributed by atoms with Crippen LogP contribution in [-0.4, -0.2) is 61.8 Å². The Hall–Kier alpha value is -4.74. The Bertz CT molecular complexity index is 1860. The average Bonchev–Trinajstić information content (AvgIpc) is 3.39. The van der Waals surface area contributed by atoms with Crippen molar-refractivity contribution in [3.8, 4) is 10.4 Å². The standard InChI is InChI=1S/C37H39N5O5S/c1-23(2)47-36(45)40-31-19-26-12-15-42(30-7-5-4-6-28(30)32(26)48-31)35(44)25-8-10-27(11-9-25)39-34(43)29-18-24(3)20-38-33(29)41-21-37(22-41)13-16-46-17-14-37/h4-11,18-20,23H,12-17,21-22H2,1-3H3,(H,39,43)(H,40,45). The fraction of sp³-hybridized carbons (Fsp3) is 0.351. The highest BCUT2D eigenvalue weighted by atomic mass is 32.1. The summed E-state index contributed by atoms with van der Waals surface area (Å²) in [5.41, 5.74) is 5.64. The zero-order valence-electron chi connectivity index (χ0n) is 27.4. The van der Waals surface area contributed by atoms with E-state index in [0.717, 1.165) is 66.4 Å². The molecule has 248 valence electrons. The van der Waals surface area contributed by atoms with Gasteiger partial charge in [0.15, 0.2) is 0 Å². The number of carbonyl (C=O) groups excluding carboxylic acids is 3. The van der Waals surface area contributed by atoms with Gasteiger partial charge in [-0.15, -0.1) is 11.3 Å². The molecule has 0 saturated carbocycles. The molecule has 5 heterocycles. The second kappa shape index (κ2) is 13.0. The second-order valence-corrected chi connectivity index (χ2v) is 14.2. The lowest BCUT2D eigenvalue weighted by Gasteiger charge is -2.53. The maximum Gasteiger partial charge on any atom is 0.412 e. The molecular weight excluding hydrogens is 627 g/mol. The number of para-hydroxylation sites is 1. The molecule has 1 spiro atoms. The van der Waals surface area contributed by atoms with Crippen LogP contribution in [0, 0.1) is 12.3 Å². The molecule has 0 atom stereocenters. The van der Waals surface area contributed by atoms with Gasteiger partial charge in [0.1, 0.15) is 5.82 Å². The number of thiophene rings is 1. The number of aromatic nitrogens is 1. The Kier molecular flexibility index (Phi) is 8.65. The van der Waals surface area contributed by atoms with E-state index >= 15 is 0 Å². The molecule has 2 saturated heterocycles. The maximum absolute atomic E-state index is 13.9. The molecule has 48 heavy (non-hydrogen) atoms. The highest BCUT2D eigenvalue weighted by molar-refractivity contribution is 7.19. The predicted octanol–water partition coefficient (Wildman–Crippen LogP) is 7.15. The highest BCUT2D eigenvalue weighted by Crippen LogP contribution is 2.44. The van der Waals surface area contributed by atoms with E-state index < -0.39 is 6.09 Å². The molecule has 10 nitrogen and oxygen atoms in total. The van der Waals surface area contributed by atoms with E-state index in [1.807, 2.05) is 57.2 Å². The van der Waals surface area contributed by atoms with Gasteiger partial charge in [-0.2, -0.15) is 0 Å². The molecule has 0 aliphatic carbocycles. The molecule has 3 amide bonds. The normalized spacial score (nSPS) is 16.4. The van der Waals surface area contributed by atoms with Gasteiger partial charge in [-0.3, -0.25) is 14.9 Å². The average molecular weight is 666 g/mol. The summed E-state index contributed by atoms with van der Waals surface area (Å²) in [5.74, 6) is 0.347. The Labute approximate surface area is 284 Å². The fourth-order valence-electron chi connectivity index (χ4n) is 6.78. The Morgan fingerprint density at radius 3 is 2.50 bits per heavy atom. The van der Waals surface area contributed by atoms with Gasteiger partial charge >= 0.3 is 6.09 Å². The molecule has 2 aromatic carbocycles. The largest absolute Gasteiger partial charge is 0.447 e. The van der Waals surface area contributed by atoms with E-state index in [9.17, 15) is 14.4 Å². The van der Waals surface area contributed by atoms with Gasteiger partial charge in [0.2, 0.25) is 0 Å². The van der Waals surface area contributed by atoms with Gasteiger partial charge in [-0.1, -0.05) is 18.2 Å². The van der Waals surface area contributed by atoms with Crippen molar-refractivity contribution in [2.24, 2.45) is 5.41 Å². The minimum atomic E-state index is -0.484. The number of anilines is 4. The molecule has 0 radical (unpaired) electrons. The van der Waals surface area contributed by atoms with Crippen LogP contribution in [0.2, 0.25) is 0 Å². The first-order valence-electron chi connectivity index (χ1n) is 16.4. The minimum absolute atomic E-state index is 0.126. The molecule has 0 bridgehead atoms. The Balaban J connectivity index is 1.05. The van der Waals surface area contributed by atoms with E-state index in [-0.39, 0.29) is 23.3 Å². The van der Waals surface area contributed by atoms with Crippen molar-refractivity contribution in [3.63, 3.8) is 0 Å². The predicted molar refractivity (Wildman–Crippen MR) is 188 cm³/mol. The van der Waals surface area contributed by atoms with Gasteiger partial charge in [0.05, 0.1) is 22.4 Å². The van der Waals surface area contributed by atoms with Crippen molar-refractivity contribution in [1.29, 1.82) is 0 Å². The highest BCUT2D eigenvalue weighted by Gasteiger charge is 2.45. The summed E-state index contributed by atoms with van der Waals surface area (Å²) in [7, 11) is 0. The van der Waals surface area contributed by atoms with Gasteiger partial charge in [-0.25, -0.2) is 9.78 Å². The zero-order valence-corrected chi connectivity index (χ0v) is 28.2. The summed E-state index contributed by atoms with van der Waals surface area (Å²) < 4.78 is 10.8. The minimum Gasteiger partial charge on any atom is -0.447 e. The Morgan fingerprint density at radius 1 is 1.00 bits per heavy atom. The van der Waals surface area contributed by atoms with Crippen molar-refractivity contribution in [2.75, 3.05) is 53.3 Å². The number of nitrogens with zero attached hydrogens (tertiary/aromatic N) is 3. The van der Waals surface area contributed by atoms with Crippen molar-refractivity contribution in [3.05, 3.63) is 89.1 Å². The number of pyridine rings is 1. The van der Waals surface area contributed by atoms with Crippen LogP contribution in [0.3, 0.4) is 0 Å². The topological polar surface area (TPSA) is 113 Å². The van der Waals surface area contributed by atoms with Crippen LogP contribution in [0.4, 0.5) is 27.0 Å². The molecule has 11 heteroatoms. The van der Waals surface area contributed by atoms with Crippen LogP contribution in [-0.2, 0) is 15.9 Å². The first-order chi connectivity index (χ1) is 23.2. The number of ether oxygens (including phenoxy) is 2. The molecule has 2 fully saturated rings. The maximum atomic E-state index is 13.9. The van der Waals surface area contributed by atoms with Crippen LogP contribution in [0.15, 0.2) is 66.9 Å². The first-order valence-corrected chi connectivity index (χ1v) is 17.2. The van der Waals surface area contributed by atoms with Crippen LogP contribution >= 0.6 is 11.3 Å². The SMILES string of the molecule is Cc1cnc(N2CC3(CCOCC3)C2)c(C(=O)Nc2ccc(C(=O)N3CCc4cc(NC(=O)OC(C)C)sc4-c4ccccc43)cc2)c1. The number of amides is 3. The van der Waals surface area contributed by atoms with E-state index in [1.54, 1.807) is 35.4 Å². The van der Waals surface area contributed by atoms with Crippen LogP contribution < -0.4 is 20.4 Å². The van der Waals surface area contributed by atoms with E-state index in [0.29, 0.717) is 40.6 Å². The molecule has 3 aliphatic rings. The van der Waals surface area contributed by atoms with Crippen molar-refractivity contribution < 1.29 is 23.9 Å². The summed E-state index contributed by atoms with van der Waals surface area (Å²) in [6.07, 6.45) is 3.81. The Morgan fingerprint density at radius 2 is 1.75 bits per heavy atom. The van der Waals surface area contributed by atoms with Crippen LogP contribution in [0.5, 0.6) is 0 Å². The fourth-order valence-corrected chi connectivity index (χ4v) is 7.91. The second-order valence-electron chi connectivity index (χ2n) is 13.2. The number of nitrogens with one attached hydrogen (secondary N) is 2. The molecule has 3 aliphatic heterocycles. The summed E-state index contributed by atoms with van der Waals surface area (Å²) in [4.78, 5) is 49.4. The van der Waals surface area contributed by atoms with E-state index in [4.69, 9.17) is 9.47 Å². The number of hydrogen-bond donors (Lipinski definition) is 2. The molecule has 7 rings (SSSR count). The summed E-state index contributed by atoms with van der Waals surface area (Å²) in [6.45, 7) is 9.36. The van der Waals surface area contributed by atoms with Crippen LogP contribution in [0.1, 0.15) is 58.5 Å². The number of aryl methyl sites for hydroxylation is 1. The molecular formula is C37H39N5O5S. The monoisotopic (exact) mass is 665 g/mol. The number of fused-ring (bicyclic) bond motifs is 3. The third kappa shape index (κ3) is 6.40. The molecule has 2 N–H and O–H groups in total.